The molecule has 0 atom stereocenters. The molecule has 2 heterocycles. The number of thiophene rings is 1. The van der Waals surface area contributed by atoms with Crippen molar-refractivity contribution in [3.63, 3.8) is 0 Å². The highest BCUT2D eigenvalue weighted by Crippen LogP contribution is 2.41. The summed E-state index contributed by atoms with van der Waals surface area (Å²) in [4.78, 5) is 0. The molecule has 4 aromatic carbocycles. The molecule has 1 aliphatic heterocycles. The van der Waals surface area contributed by atoms with Crippen molar-refractivity contribution in [1.29, 1.82) is 0 Å². The Kier molecular flexibility index (Phi) is 4.96. The third kappa shape index (κ3) is 3.49. The smallest absolute Gasteiger partial charge is 0.399 e. The highest BCUT2D eigenvalue weighted by Gasteiger charge is 2.52. The third-order valence-corrected chi connectivity index (χ3v) is 8.56. The van der Waals surface area contributed by atoms with E-state index in [9.17, 15) is 0 Å². The van der Waals surface area contributed by atoms with Gasteiger partial charge in [-0.2, -0.15) is 0 Å². The van der Waals surface area contributed by atoms with E-state index in [1.54, 1.807) is 0 Å². The normalized spacial score (nSPS) is 17.0. The lowest BCUT2D eigenvalue weighted by Crippen LogP contribution is -2.41. The molecule has 1 aromatic heterocycles. The van der Waals surface area contributed by atoms with E-state index in [1.165, 1.54) is 42.4 Å². The molecule has 4 heteroatoms. The van der Waals surface area contributed by atoms with Crippen LogP contribution in [0, 0.1) is 0 Å². The Morgan fingerprint density at radius 2 is 1.15 bits per heavy atom. The lowest BCUT2D eigenvalue weighted by molar-refractivity contribution is 0.00578. The topological polar surface area (TPSA) is 18.5 Å². The minimum atomic E-state index is -0.405. The van der Waals surface area contributed by atoms with Gasteiger partial charge in [-0.25, -0.2) is 0 Å². The molecule has 1 aliphatic rings. The Labute approximate surface area is 205 Å². The molecule has 6 rings (SSSR count). The Balaban J connectivity index is 1.60. The summed E-state index contributed by atoms with van der Waals surface area (Å²) >= 11 is 1.82. The van der Waals surface area contributed by atoms with Crippen LogP contribution in [0.3, 0.4) is 0 Å². The molecular weight excluding hydrogens is 435 g/mol. The van der Waals surface area contributed by atoms with Gasteiger partial charge in [0.2, 0.25) is 0 Å². The van der Waals surface area contributed by atoms with Gasteiger partial charge in [0.05, 0.1) is 11.2 Å². The van der Waals surface area contributed by atoms with Crippen LogP contribution in [0.5, 0.6) is 0 Å². The molecule has 0 spiro atoms. The van der Waals surface area contributed by atoms with Crippen LogP contribution in [0.4, 0.5) is 0 Å². The van der Waals surface area contributed by atoms with Gasteiger partial charge in [-0.1, -0.05) is 72.8 Å². The standard InChI is InChI=1S/C30H27BO2S/c1-29(2)30(3,4)33-31(32-29)26-19-23(21-13-9-6-10-14-21)18-25-24-17-22(20-11-7-5-8-12-20)15-16-27(24)34-28(25)26/h5-19H,1-4H3. The van der Waals surface area contributed by atoms with E-state index in [2.05, 4.69) is 119 Å². The number of hydrogen-bond donors (Lipinski definition) is 0. The summed E-state index contributed by atoms with van der Waals surface area (Å²) in [5.41, 5.74) is 5.18. The second kappa shape index (κ2) is 7.81. The summed E-state index contributed by atoms with van der Waals surface area (Å²) in [5, 5.41) is 2.53. The average molecular weight is 462 g/mol. The second-order valence-electron chi connectivity index (χ2n) is 10.1. The molecule has 0 unspecified atom stereocenters. The zero-order valence-electron chi connectivity index (χ0n) is 20.0. The molecule has 0 amide bonds. The molecule has 0 radical (unpaired) electrons. The van der Waals surface area contributed by atoms with Gasteiger partial charge >= 0.3 is 7.12 Å². The van der Waals surface area contributed by atoms with E-state index < -0.39 is 7.12 Å². The summed E-state index contributed by atoms with van der Waals surface area (Å²) in [7, 11) is -0.405. The van der Waals surface area contributed by atoms with Crippen LogP contribution in [-0.4, -0.2) is 18.3 Å². The predicted octanol–water partition coefficient (Wildman–Crippen LogP) is 7.69. The van der Waals surface area contributed by atoms with Crippen molar-refractivity contribution in [2.75, 3.05) is 0 Å². The summed E-state index contributed by atoms with van der Waals surface area (Å²) in [5.74, 6) is 0. The molecule has 0 aliphatic carbocycles. The van der Waals surface area contributed by atoms with Crippen molar-refractivity contribution < 1.29 is 9.31 Å². The number of benzene rings is 4. The molecule has 168 valence electrons. The van der Waals surface area contributed by atoms with E-state index in [0.29, 0.717) is 0 Å². The van der Waals surface area contributed by atoms with Crippen LogP contribution >= 0.6 is 11.3 Å². The minimum absolute atomic E-state index is 0.385. The van der Waals surface area contributed by atoms with Crippen molar-refractivity contribution in [2.45, 2.75) is 38.9 Å². The lowest BCUT2D eigenvalue weighted by Gasteiger charge is -2.32. The zero-order valence-corrected chi connectivity index (χ0v) is 20.8. The Morgan fingerprint density at radius 3 is 1.76 bits per heavy atom. The van der Waals surface area contributed by atoms with E-state index in [4.69, 9.17) is 9.31 Å². The van der Waals surface area contributed by atoms with Crippen LogP contribution in [-0.2, 0) is 9.31 Å². The average Bonchev–Trinajstić information content (AvgIpc) is 3.32. The summed E-state index contributed by atoms with van der Waals surface area (Å²) in [6, 6.07) is 32.5. The summed E-state index contributed by atoms with van der Waals surface area (Å²) in [6.45, 7) is 8.45. The first kappa shape index (κ1) is 21.6. The van der Waals surface area contributed by atoms with Gasteiger partial charge < -0.3 is 9.31 Å². The fraction of sp³-hybridized carbons (Fsp3) is 0.200. The minimum Gasteiger partial charge on any atom is -0.399 e. The first-order valence-corrected chi connectivity index (χ1v) is 12.6. The molecule has 2 nitrogen and oxygen atoms in total. The monoisotopic (exact) mass is 462 g/mol. The number of hydrogen-bond acceptors (Lipinski definition) is 3. The fourth-order valence-electron chi connectivity index (χ4n) is 4.66. The molecule has 5 aromatic rings. The van der Waals surface area contributed by atoms with Crippen LogP contribution < -0.4 is 5.46 Å². The van der Waals surface area contributed by atoms with E-state index in [0.717, 1.165) is 5.46 Å². The Hall–Kier alpha value is -2.92. The van der Waals surface area contributed by atoms with E-state index >= 15 is 0 Å². The van der Waals surface area contributed by atoms with E-state index in [1.807, 2.05) is 11.3 Å². The molecule has 34 heavy (non-hydrogen) atoms. The maximum Gasteiger partial charge on any atom is 0.496 e. The molecule has 1 fully saturated rings. The zero-order chi connectivity index (χ0) is 23.5. The lowest BCUT2D eigenvalue weighted by atomic mass is 9.77. The highest BCUT2D eigenvalue weighted by atomic mass is 32.1. The van der Waals surface area contributed by atoms with Crippen molar-refractivity contribution in [3.05, 3.63) is 91.0 Å². The summed E-state index contributed by atoms with van der Waals surface area (Å²) < 4.78 is 15.6. The van der Waals surface area contributed by atoms with Gasteiger partial charge in [0.25, 0.3) is 0 Å². The number of rotatable bonds is 3. The van der Waals surface area contributed by atoms with Gasteiger partial charge in [-0.15, -0.1) is 11.3 Å². The van der Waals surface area contributed by atoms with Crippen LogP contribution in [0.25, 0.3) is 42.4 Å². The van der Waals surface area contributed by atoms with E-state index in [-0.39, 0.29) is 11.2 Å². The molecule has 1 saturated heterocycles. The second-order valence-corrected chi connectivity index (χ2v) is 11.1. The molecule has 0 bridgehead atoms. The third-order valence-electron chi connectivity index (χ3n) is 7.32. The maximum atomic E-state index is 6.52. The van der Waals surface area contributed by atoms with Crippen molar-refractivity contribution >= 4 is 44.1 Å². The van der Waals surface area contributed by atoms with Crippen molar-refractivity contribution in [3.8, 4) is 22.3 Å². The van der Waals surface area contributed by atoms with Crippen molar-refractivity contribution in [2.24, 2.45) is 0 Å². The first-order chi connectivity index (χ1) is 16.3. The number of fused-ring (bicyclic) bond motifs is 3. The maximum absolute atomic E-state index is 6.52. The van der Waals surface area contributed by atoms with Gasteiger partial charge in [-0.3, -0.25) is 0 Å². The molecule has 0 N–H and O–H groups in total. The summed E-state index contributed by atoms with van der Waals surface area (Å²) in [6.07, 6.45) is 0. The Morgan fingerprint density at radius 1 is 0.588 bits per heavy atom. The molecule has 0 saturated carbocycles. The first-order valence-electron chi connectivity index (χ1n) is 11.8. The van der Waals surface area contributed by atoms with Gasteiger partial charge in [0.1, 0.15) is 0 Å². The molecular formula is C30H27BO2S. The Bertz CT molecular complexity index is 1490. The van der Waals surface area contributed by atoms with Gasteiger partial charge in [0.15, 0.2) is 0 Å². The van der Waals surface area contributed by atoms with Crippen LogP contribution in [0.2, 0.25) is 0 Å². The predicted molar refractivity (Wildman–Crippen MR) is 146 cm³/mol. The SMILES string of the molecule is CC1(C)OB(c2cc(-c3ccccc3)cc3c2sc2ccc(-c4ccccc4)cc23)OC1(C)C. The highest BCUT2D eigenvalue weighted by molar-refractivity contribution is 7.27. The van der Waals surface area contributed by atoms with Crippen LogP contribution in [0.1, 0.15) is 27.7 Å². The van der Waals surface area contributed by atoms with Gasteiger partial charge in [-0.05, 0) is 68.1 Å². The van der Waals surface area contributed by atoms with Gasteiger partial charge in [0, 0.05) is 25.6 Å². The largest absolute Gasteiger partial charge is 0.496 e. The van der Waals surface area contributed by atoms with Crippen LogP contribution in [0.15, 0.2) is 91.0 Å². The quantitative estimate of drug-likeness (QED) is 0.256. The van der Waals surface area contributed by atoms with Crippen molar-refractivity contribution in [1.82, 2.24) is 0 Å². The fourth-order valence-corrected chi connectivity index (χ4v) is 5.84.